The molecule has 3 aromatic rings. The van der Waals surface area contributed by atoms with Crippen LogP contribution in [0.2, 0.25) is 0 Å². The summed E-state index contributed by atoms with van der Waals surface area (Å²) in [5.41, 5.74) is -0.170. The maximum atomic E-state index is 13.1. The lowest BCUT2D eigenvalue weighted by atomic mass is 10.2. The smallest absolute Gasteiger partial charge is 0.328 e. The van der Waals surface area contributed by atoms with Crippen molar-refractivity contribution in [2.45, 2.75) is 39.0 Å². The average molecular weight is 553 g/mol. The van der Waals surface area contributed by atoms with Crippen LogP contribution in [0.25, 0.3) is 0 Å². The zero-order valence-electron chi connectivity index (χ0n) is 22.7. The number of aromatic nitrogens is 1. The number of benzene rings is 2. The van der Waals surface area contributed by atoms with Crippen LogP contribution in [0.15, 0.2) is 72.9 Å². The molecule has 0 bridgehead atoms. The number of rotatable bonds is 14. The molecule has 2 aromatic carbocycles. The molecule has 11 nitrogen and oxygen atoms in total. The maximum absolute atomic E-state index is 13.1. The van der Waals surface area contributed by atoms with Crippen LogP contribution in [0.1, 0.15) is 31.3 Å². The van der Waals surface area contributed by atoms with Crippen molar-refractivity contribution in [2.24, 2.45) is 0 Å². The van der Waals surface area contributed by atoms with Gasteiger partial charge in [-0.25, -0.2) is 9.78 Å². The summed E-state index contributed by atoms with van der Waals surface area (Å²) in [5.74, 6) is -0.683. The fourth-order valence-corrected chi connectivity index (χ4v) is 3.39. The van der Waals surface area contributed by atoms with Crippen LogP contribution in [-0.2, 0) is 19.1 Å². The molecule has 1 N–H and O–H groups in total. The molecule has 0 aliphatic rings. The third-order valence-electron chi connectivity index (χ3n) is 5.48. The van der Waals surface area contributed by atoms with E-state index in [1.165, 1.54) is 33.2 Å². The molecule has 0 aliphatic heterocycles. The Kier molecular flexibility index (Phi) is 11.1. The van der Waals surface area contributed by atoms with E-state index in [4.69, 9.17) is 28.4 Å². The number of amides is 1. The minimum atomic E-state index is -1.08. The Morgan fingerprint density at radius 1 is 0.900 bits per heavy atom. The van der Waals surface area contributed by atoms with E-state index in [0.717, 1.165) is 0 Å². The van der Waals surface area contributed by atoms with Crippen LogP contribution in [0.3, 0.4) is 0 Å². The molecule has 1 amide bonds. The van der Waals surface area contributed by atoms with E-state index in [1.807, 2.05) is 36.4 Å². The Balaban J connectivity index is 1.69. The van der Waals surface area contributed by atoms with Gasteiger partial charge in [-0.3, -0.25) is 9.59 Å². The maximum Gasteiger partial charge on any atom is 0.328 e. The van der Waals surface area contributed by atoms with Crippen molar-refractivity contribution in [3.63, 3.8) is 0 Å². The number of hydrogen-bond donors (Lipinski definition) is 1. The van der Waals surface area contributed by atoms with Gasteiger partial charge in [-0.2, -0.15) is 0 Å². The first kappa shape index (κ1) is 29.8. The number of para-hydroxylation sites is 2. The number of pyridine rings is 1. The Morgan fingerprint density at radius 2 is 1.55 bits per heavy atom. The van der Waals surface area contributed by atoms with Crippen molar-refractivity contribution in [2.75, 3.05) is 20.5 Å². The van der Waals surface area contributed by atoms with Crippen LogP contribution in [0.4, 0.5) is 0 Å². The first-order valence-electron chi connectivity index (χ1n) is 12.5. The van der Waals surface area contributed by atoms with Crippen LogP contribution in [0, 0.1) is 0 Å². The van der Waals surface area contributed by atoms with Crippen LogP contribution in [-0.4, -0.2) is 61.6 Å². The number of carbonyl (C=O) groups is 3. The van der Waals surface area contributed by atoms with Crippen LogP contribution >= 0.6 is 0 Å². The topological polar surface area (TPSA) is 132 Å². The number of ether oxygens (including phenoxy) is 6. The number of nitrogens with zero attached hydrogens (tertiary/aromatic N) is 1. The van der Waals surface area contributed by atoms with E-state index in [9.17, 15) is 14.4 Å². The average Bonchev–Trinajstić information content (AvgIpc) is 2.95. The molecule has 11 heteroatoms. The van der Waals surface area contributed by atoms with Crippen molar-refractivity contribution in [1.82, 2.24) is 10.3 Å². The molecule has 0 spiro atoms. The molecule has 0 radical (unpaired) electrons. The highest BCUT2D eigenvalue weighted by atomic mass is 16.7. The first-order valence-corrected chi connectivity index (χ1v) is 12.5. The van der Waals surface area contributed by atoms with Gasteiger partial charge in [0, 0.05) is 19.2 Å². The molecular formula is C29H32N2O9. The lowest BCUT2D eigenvalue weighted by molar-refractivity contribution is -0.157. The lowest BCUT2D eigenvalue weighted by Crippen LogP contribution is -2.45. The molecule has 0 fully saturated rings. The Morgan fingerprint density at radius 3 is 2.17 bits per heavy atom. The molecule has 1 heterocycles. The predicted octanol–water partition coefficient (Wildman–Crippen LogP) is 3.57. The molecular weight excluding hydrogens is 520 g/mol. The molecule has 0 unspecified atom stereocenters. The van der Waals surface area contributed by atoms with Crippen molar-refractivity contribution in [3.05, 3.63) is 78.6 Å². The highest BCUT2D eigenvalue weighted by molar-refractivity contribution is 5.98. The van der Waals surface area contributed by atoms with Gasteiger partial charge in [0.05, 0.1) is 7.11 Å². The van der Waals surface area contributed by atoms with Gasteiger partial charge in [0.2, 0.25) is 6.79 Å². The highest BCUT2D eigenvalue weighted by Crippen LogP contribution is 2.29. The van der Waals surface area contributed by atoms with Gasteiger partial charge < -0.3 is 33.7 Å². The Labute approximate surface area is 232 Å². The van der Waals surface area contributed by atoms with Crippen molar-refractivity contribution in [1.29, 1.82) is 0 Å². The second-order valence-electron chi connectivity index (χ2n) is 8.52. The van der Waals surface area contributed by atoms with Gasteiger partial charge in [-0.1, -0.05) is 36.4 Å². The largest absolute Gasteiger partial charge is 0.493 e. The number of methoxy groups -OCH3 is 1. The third-order valence-corrected chi connectivity index (χ3v) is 5.48. The molecule has 0 saturated carbocycles. The van der Waals surface area contributed by atoms with E-state index >= 15 is 0 Å². The first-order chi connectivity index (χ1) is 19.3. The number of esters is 2. The Bertz CT molecular complexity index is 1250. The SMILES string of the molecule is COc1ccnc(C(=O)N[C@@H](C)C(=O)O[C@H](COc2ccccc2)[C@H](C)Oc2ccccc2)c1OCOC(C)=O. The fourth-order valence-electron chi connectivity index (χ4n) is 3.39. The third kappa shape index (κ3) is 8.90. The van der Waals surface area contributed by atoms with Crippen molar-refractivity contribution in [3.8, 4) is 23.0 Å². The van der Waals surface area contributed by atoms with E-state index in [-0.39, 0.29) is 23.8 Å². The minimum Gasteiger partial charge on any atom is -0.493 e. The van der Waals surface area contributed by atoms with Gasteiger partial charge >= 0.3 is 11.9 Å². The molecule has 0 aliphatic carbocycles. The van der Waals surface area contributed by atoms with Crippen LogP contribution in [0.5, 0.6) is 23.0 Å². The number of carbonyl (C=O) groups excluding carboxylic acids is 3. The van der Waals surface area contributed by atoms with Crippen molar-refractivity contribution < 1.29 is 42.8 Å². The van der Waals surface area contributed by atoms with Gasteiger partial charge in [-0.15, -0.1) is 0 Å². The molecule has 1 aromatic heterocycles. The Hall–Kier alpha value is -4.80. The summed E-state index contributed by atoms with van der Waals surface area (Å²) in [6, 6.07) is 18.6. The standard InChI is InChI=1S/C29H32N2O9/c1-19(31-28(33)26-27(38-18-37-21(3)32)24(35-4)15-16-30-26)29(34)40-25(17-36-22-11-7-5-8-12-22)20(2)39-23-13-9-6-10-14-23/h5-16,19-20,25H,17-18H2,1-4H3,(H,31,33)/t19-,20-,25+/m0/s1. The molecule has 40 heavy (non-hydrogen) atoms. The quantitative estimate of drug-likeness (QED) is 0.234. The summed E-state index contributed by atoms with van der Waals surface area (Å²) in [7, 11) is 1.38. The highest BCUT2D eigenvalue weighted by Gasteiger charge is 2.29. The predicted molar refractivity (Wildman–Crippen MR) is 143 cm³/mol. The monoisotopic (exact) mass is 552 g/mol. The van der Waals surface area contributed by atoms with Gasteiger partial charge in [0.25, 0.3) is 5.91 Å². The van der Waals surface area contributed by atoms with E-state index < -0.39 is 42.9 Å². The van der Waals surface area contributed by atoms with Gasteiger partial charge in [0.1, 0.15) is 30.3 Å². The summed E-state index contributed by atoms with van der Waals surface area (Å²) in [5, 5.41) is 2.55. The lowest BCUT2D eigenvalue weighted by Gasteiger charge is -2.26. The zero-order valence-corrected chi connectivity index (χ0v) is 22.7. The summed E-state index contributed by atoms with van der Waals surface area (Å²) in [4.78, 5) is 41.2. The summed E-state index contributed by atoms with van der Waals surface area (Å²) in [6.07, 6.45) is -0.0567. The normalized spacial score (nSPS) is 12.7. The molecule has 212 valence electrons. The second kappa shape index (κ2) is 15.0. The van der Waals surface area contributed by atoms with E-state index in [2.05, 4.69) is 10.3 Å². The van der Waals surface area contributed by atoms with Crippen molar-refractivity contribution >= 4 is 17.8 Å². The van der Waals surface area contributed by atoms with Gasteiger partial charge in [-0.05, 0) is 38.1 Å². The molecule has 3 rings (SSSR count). The molecule has 0 saturated heterocycles. The van der Waals surface area contributed by atoms with Gasteiger partial charge in [0.15, 0.2) is 23.3 Å². The van der Waals surface area contributed by atoms with E-state index in [1.54, 1.807) is 31.2 Å². The number of nitrogens with one attached hydrogen (secondary N) is 1. The van der Waals surface area contributed by atoms with Crippen LogP contribution < -0.4 is 24.3 Å². The summed E-state index contributed by atoms with van der Waals surface area (Å²) in [6.45, 7) is 4.00. The zero-order chi connectivity index (χ0) is 28.9. The molecule has 3 atom stereocenters. The summed E-state index contributed by atoms with van der Waals surface area (Å²) < 4.78 is 33.0. The summed E-state index contributed by atoms with van der Waals surface area (Å²) >= 11 is 0. The van der Waals surface area contributed by atoms with E-state index in [0.29, 0.717) is 11.5 Å². The number of hydrogen-bond acceptors (Lipinski definition) is 10. The second-order valence-corrected chi connectivity index (χ2v) is 8.52. The fraction of sp³-hybridized carbons (Fsp3) is 0.310. The minimum absolute atomic E-state index is 0.00992.